The van der Waals surface area contributed by atoms with Crippen LogP contribution in [0.4, 0.5) is 0 Å². The first-order valence-electron chi connectivity index (χ1n) is 5.55. The number of aryl methyl sites for hydroxylation is 2. The van der Waals surface area contributed by atoms with Crippen LogP contribution in [0.2, 0.25) is 0 Å². The Morgan fingerprint density at radius 1 is 0.750 bits per heavy atom. The van der Waals surface area contributed by atoms with Crippen molar-refractivity contribution >= 4 is 26.0 Å². The summed E-state index contributed by atoms with van der Waals surface area (Å²) in [6, 6.07) is 17.4. The first-order chi connectivity index (χ1) is 7.70. The summed E-state index contributed by atoms with van der Waals surface area (Å²) in [5.41, 5.74) is 2.80. The molecule has 0 aliphatic heterocycles. The summed E-state index contributed by atoms with van der Waals surface area (Å²) in [4.78, 5) is 0. The molecule has 0 radical (unpaired) electrons. The summed E-state index contributed by atoms with van der Waals surface area (Å²) < 4.78 is 0. The summed E-state index contributed by atoms with van der Waals surface area (Å²) in [6.07, 6.45) is 0. The first-order valence-corrected chi connectivity index (χ1v) is 7.34. The Bertz CT molecular complexity index is 448. The van der Waals surface area contributed by atoms with Crippen LogP contribution in [0, 0.1) is 13.8 Å². The number of hydrogen-bond donors (Lipinski definition) is 0. The molecule has 2 aromatic carbocycles. The van der Waals surface area contributed by atoms with E-state index in [-0.39, 0.29) is 7.80 Å². The second-order valence-corrected chi connectivity index (χ2v) is 6.21. The van der Waals surface area contributed by atoms with Crippen molar-refractivity contribution < 1.29 is 0 Å². The van der Waals surface area contributed by atoms with Crippen molar-refractivity contribution in [2.45, 2.75) is 13.8 Å². The first kappa shape index (κ1) is 11.4. The molecule has 2 aromatic rings. The van der Waals surface area contributed by atoms with Crippen LogP contribution < -0.4 is 10.6 Å². The van der Waals surface area contributed by atoms with Crippen LogP contribution in [0.1, 0.15) is 11.1 Å². The fourth-order valence-electron chi connectivity index (χ4n) is 2.01. The van der Waals surface area contributed by atoms with E-state index < -0.39 is 0 Å². The zero-order valence-corrected chi connectivity index (χ0v) is 11.0. The van der Waals surface area contributed by atoms with E-state index in [0.29, 0.717) is 0 Å². The zero-order valence-electron chi connectivity index (χ0n) is 10.1. The normalized spacial score (nSPS) is 10.7. The molecule has 0 heterocycles. The van der Waals surface area contributed by atoms with Gasteiger partial charge in [0.25, 0.3) is 0 Å². The molecule has 0 saturated carbocycles. The zero-order chi connectivity index (χ0) is 11.5. The van der Waals surface area contributed by atoms with E-state index >= 15 is 0 Å². The molecule has 16 heavy (non-hydrogen) atoms. The van der Waals surface area contributed by atoms with E-state index in [0.717, 1.165) is 0 Å². The van der Waals surface area contributed by atoms with Gasteiger partial charge in [-0.15, -0.1) is 0 Å². The third-order valence-electron chi connectivity index (χ3n) is 2.95. The number of benzene rings is 2. The van der Waals surface area contributed by atoms with E-state index in [1.54, 1.807) is 0 Å². The molecule has 0 spiro atoms. The fourth-order valence-corrected chi connectivity index (χ4v) is 4.10. The minimum atomic E-state index is -0.212. The summed E-state index contributed by atoms with van der Waals surface area (Å²) in [7, 11) is 2.13. The van der Waals surface area contributed by atoms with E-state index in [1.807, 2.05) is 0 Å². The quantitative estimate of drug-likeness (QED) is 0.544. The van der Waals surface area contributed by atoms with Gasteiger partial charge in [0.2, 0.25) is 0 Å². The van der Waals surface area contributed by atoms with Crippen LogP contribution in [0.15, 0.2) is 48.5 Å². The van der Waals surface area contributed by atoms with Crippen molar-refractivity contribution in [3.8, 4) is 0 Å². The highest BCUT2D eigenvalue weighted by molar-refractivity contribution is 7.94. The molecule has 0 unspecified atom stereocenters. The van der Waals surface area contributed by atoms with Gasteiger partial charge in [-0.1, -0.05) is 56.3 Å². The van der Waals surface area contributed by atoms with Gasteiger partial charge in [0.05, 0.1) is 0 Å². The van der Waals surface area contributed by atoms with Crippen LogP contribution in [0.3, 0.4) is 0 Å². The van der Waals surface area contributed by atoms with Gasteiger partial charge in [0.15, 0.2) is 0 Å². The summed E-state index contributed by atoms with van der Waals surface area (Å²) in [5.74, 6) is 0. The van der Waals surface area contributed by atoms with Crippen LogP contribution in [-0.4, -0.2) is 7.57 Å². The maximum atomic E-state index is 2.35. The molecule has 0 saturated heterocycles. The van der Waals surface area contributed by atoms with Gasteiger partial charge in [-0.2, -0.15) is 0 Å². The van der Waals surface area contributed by atoms with Crippen LogP contribution in [-0.2, 0) is 0 Å². The molecule has 0 nitrogen and oxygen atoms in total. The summed E-state index contributed by atoms with van der Waals surface area (Å²) >= 11 is 0. The second kappa shape index (κ2) is 4.85. The Morgan fingerprint density at radius 3 is 1.50 bits per heavy atom. The lowest BCUT2D eigenvalue weighted by atomic mass is 10.2. The van der Waals surface area contributed by atoms with E-state index in [2.05, 4.69) is 69.9 Å². The van der Waals surface area contributed by atoms with Gasteiger partial charge in [-0.3, -0.25) is 0 Å². The van der Waals surface area contributed by atoms with Crippen molar-refractivity contribution in [3.05, 3.63) is 59.7 Å². The van der Waals surface area contributed by atoms with E-state index in [1.165, 1.54) is 21.7 Å². The van der Waals surface area contributed by atoms with Crippen molar-refractivity contribution in [1.82, 2.24) is 0 Å². The van der Waals surface area contributed by atoms with E-state index in [4.69, 9.17) is 0 Å². The Hall–Kier alpha value is -1.07. The SMILES string of the molecule is BP(c1ccccc1C)c1ccccc1C. The average Bonchev–Trinajstić information content (AvgIpc) is 2.29. The monoisotopic (exact) mass is 226 g/mol. The fraction of sp³-hybridized carbons (Fsp3) is 0.143. The van der Waals surface area contributed by atoms with Gasteiger partial charge >= 0.3 is 0 Å². The predicted molar refractivity (Wildman–Crippen MR) is 77.1 cm³/mol. The van der Waals surface area contributed by atoms with Crippen molar-refractivity contribution in [3.63, 3.8) is 0 Å². The summed E-state index contributed by atoms with van der Waals surface area (Å²) in [6.45, 7) is 4.40. The molecule has 80 valence electrons. The minimum Gasteiger partial charge on any atom is -0.0877 e. The van der Waals surface area contributed by atoms with Gasteiger partial charge in [-0.05, 0) is 35.6 Å². The maximum absolute atomic E-state index is 2.35. The maximum Gasteiger partial charge on any atom is 0.145 e. The van der Waals surface area contributed by atoms with Gasteiger partial charge < -0.3 is 0 Å². The van der Waals surface area contributed by atoms with Crippen molar-refractivity contribution in [2.24, 2.45) is 0 Å². The molecular weight excluding hydrogens is 210 g/mol. The molecule has 0 atom stereocenters. The molecule has 0 N–H and O–H groups in total. The number of hydrogen-bond acceptors (Lipinski definition) is 0. The molecule has 0 fully saturated rings. The Labute approximate surface area is 99.8 Å². The van der Waals surface area contributed by atoms with Gasteiger partial charge in [-0.25, -0.2) is 0 Å². The molecular formula is C14H16BP. The summed E-state index contributed by atoms with van der Waals surface area (Å²) in [5, 5.41) is 2.98. The Balaban J connectivity index is 2.44. The van der Waals surface area contributed by atoms with Crippen LogP contribution in [0.25, 0.3) is 0 Å². The molecule has 0 aliphatic rings. The third kappa shape index (κ3) is 2.20. The highest BCUT2D eigenvalue weighted by Gasteiger charge is 2.10. The molecule has 0 aliphatic carbocycles. The lowest BCUT2D eigenvalue weighted by molar-refractivity contribution is 1.51. The van der Waals surface area contributed by atoms with Gasteiger partial charge in [0, 0.05) is 0 Å². The highest BCUT2D eigenvalue weighted by atomic mass is 31.1. The predicted octanol–water partition coefficient (Wildman–Crippen LogP) is 2.28. The lowest BCUT2D eigenvalue weighted by Crippen LogP contribution is -2.16. The molecule has 0 amide bonds. The molecule has 0 aromatic heterocycles. The van der Waals surface area contributed by atoms with E-state index in [9.17, 15) is 0 Å². The van der Waals surface area contributed by atoms with Crippen LogP contribution >= 0.6 is 7.80 Å². The Morgan fingerprint density at radius 2 is 1.12 bits per heavy atom. The largest absolute Gasteiger partial charge is 0.145 e. The van der Waals surface area contributed by atoms with Crippen LogP contribution in [0.5, 0.6) is 0 Å². The standard InChI is InChI=1S/C14H16BP/c1-11-7-3-5-9-13(11)16(15)14-10-6-4-8-12(14)2/h3-10H,15H2,1-2H3. The average molecular weight is 226 g/mol. The topological polar surface area (TPSA) is 0 Å². The van der Waals surface area contributed by atoms with Crippen molar-refractivity contribution in [2.75, 3.05) is 0 Å². The molecule has 2 heteroatoms. The highest BCUT2D eigenvalue weighted by Crippen LogP contribution is 2.29. The third-order valence-corrected chi connectivity index (χ3v) is 5.40. The number of rotatable bonds is 2. The minimum absolute atomic E-state index is 0.212. The molecule has 0 bridgehead atoms. The van der Waals surface area contributed by atoms with Gasteiger partial charge in [0.1, 0.15) is 7.57 Å². The second-order valence-electron chi connectivity index (χ2n) is 4.13. The van der Waals surface area contributed by atoms with Crippen molar-refractivity contribution in [1.29, 1.82) is 0 Å². The Kier molecular flexibility index (Phi) is 3.46. The lowest BCUT2D eigenvalue weighted by Gasteiger charge is -2.18. The smallest absolute Gasteiger partial charge is 0.0877 e. The molecule has 2 rings (SSSR count).